The molecule has 1 aromatic carbocycles. The highest BCUT2D eigenvalue weighted by Crippen LogP contribution is 2.33. The molecule has 1 aliphatic heterocycles. The second kappa shape index (κ2) is 8.06. The molecule has 0 spiro atoms. The number of hydrogen-bond donors (Lipinski definition) is 2. The Morgan fingerprint density at radius 2 is 2.14 bits per heavy atom. The lowest BCUT2D eigenvalue weighted by Crippen LogP contribution is -2.36. The number of hydrogen-bond acceptors (Lipinski definition) is 4. The van der Waals surface area contributed by atoms with E-state index < -0.39 is 0 Å². The summed E-state index contributed by atoms with van der Waals surface area (Å²) in [5.74, 6) is 0.292. The predicted octanol–water partition coefficient (Wildman–Crippen LogP) is 2.42. The van der Waals surface area contributed by atoms with Gasteiger partial charge in [-0.15, -0.1) is 0 Å². The lowest BCUT2D eigenvalue weighted by atomic mass is 9.80. The van der Waals surface area contributed by atoms with Gasteiger partial charge in [-0.05, 0) is 43.2 Å². The summed E-state index contributed by atoms with van der Waals surface area (Å²) in [6, 6.07) is 8.79. The van der Waals surface area contributed by atoms with E-state index in [2.05, 4.69) is 29.6 Å². The molecule has 1 fully saturated rings. The molecule has 0 unspecified atom stereocenters. The molecule has 4 nitrogen and oxygen atoms in total. The molecule has 3 rings (SSSR count). The number of ether oxygens (including phenoxy) is 2. The van der Waals surface area contributed by atoms with Crippen molar-refractivity contribution in [1.29, 1.82) is 0 Å². The molecule has 3 atom stereocenters. The molecule has 22 heavy (non-hydrogen) atoms. The molecule has 0 bridgehead atoms. The summed E-state index contributed by atoms with van der Waals surface area (Å²) in [5, 5.41) is 13.2. The Bertz CT molecular complexity index is 459. The topological polar surface area (TPSA) is 50.7 Å². The van der Waals surface area contributed by atoms with Crippen molar-refractivity contribution >= 4 is 0 Å². The predicted molar refractivity (Wildman–Crippen MR) is 85.6 cm³/mol. The van der Waals surface area contributed by atoms with Crippen LogP contribution < -0.4 is 5.32 Å². The molecule has 0 aromatic heterocycles. The van der Waals surface area contributed by atoms with E-state index in [1.54, 1.807) is 0 Å². The third-order valence-electron chi connectivity index (χ3n) is 4.79. The zero-order chi connectivity index (χ0) is 15.2. The van der Waals surface area contributed by atoms with Crippen LogP contribution in [0.15, 0.2) is 24.3 Å². The van der Waals surface area contributed by atoms with E-state index in [9.17, 15) is 5.11 Å². The highest BCUT2D eigenvalue weighted by molar-refractivity contribution is 5.33. The Hall–Kier alpha value is -0.940. The maximum atomic E-state index is 9.66. The first-order valence-corrected chi connectivity index (χ1v) is 8.53. The summed E-state index contributed by atoms with van der Waals surface area (Å²) in [7, 11) is 0. The summed E-state index contributed by atoms with van der Waals surface area (Å²) in [6.45, 7) is 2.50. The summed E-state index contributed by atoms with van der Waals surface area (Å²) < 4.78 is 11.4. The standard InChI is InChI=1S/C18H27NO3/c20-13-15-9-8-14-5-1-2-6-16(14)18(15)19-10-12-22-17-7-3-4-11-21-17/h1-2,5-6,15,17-20H,3-4,7-13H2/t15-,17-,18+/m0/s1. The number of aliphatic hydroxyl groups is 1. The van der Waals surface area contributed by atoms with Crippen molar-refractivity contribution in [3.8, 4) is 0 Å². The minimum absolute atomic E-state index is 0.0252. The number of benzene rings is 1. The molecule has 0 radical (unpaired) electrons. The molecule has 122 valence electrons. The molecule has 2 N–H and O–H groups in total. The fourth-order valence-corrected chi connectivity index (χ4v) is 3.55. The normalized spacial score (nSPS) is 28.3. The summed E-state index contributed by atoms with van der Waals surface area (Å²) in [6.07, 6.45) is 5.42. The molecular weight excluding hydrogens is 278 g/mol. The van der Waals surface area contributed by atoms with Gasteiger partial charge in [0.2, 0.25) is 0 Å². The van der Waals surface area contributed by atoms with Gasteiger partial charge in [0.25, 0.3) is 0 Å². The van der Waals surface area contributed by atoms with Gasteiger partial charge in [0.15, 0.2) is 6.29 Å². The SMILES string of the molecule is OC[C@@H]1CCc2ccccc2[C@@H]1NCCO[C@H]1CCCCO1. The minimum Gasteiger partial charge on any atom is -0.396 e. The fraction of sp³-hybridized carbons (Fsp3) is 0.667. The minimum atomic E-state index is -0.0252. The van der Waals surface area contributed by atoms with Crippen LogP contribution in [0.1, 0.15) is 42.9 Å². The Labute approximate surface area is 132 Å². The van der Waals surface area contributed by atoms with E-state index in [0.717, 1.165) is 38.8 Å². The average molecular weight is 305 g/mol. The zero-order valence-corrected chi connectivity index (χ0v) is 13.2. The van der Waals surface area contributed by atoms with Crippen molar-refractivity contribution in [2.75, 3.05) is 26.4 Å². The van der Waals surface area contributed by atoms with E-state index in [4.69, 9.17) is 9.47 Å². The van der Waals surface area contributed by atoms with Gasteiger partial charge in [0.05, 0.1) is 6.61 Å². The van der Waals surface area contributed by atoms with E-state index in [-0.39, 0.29) is 18.9 Å². The number of aryl methyl sites for hydroxylation is 1. The van der Waals surface area contributed by atoms with Crippen LogP contribution in [0, 0.1) is 5.92 Å². The summed E-state index contributed by atoms with van der Waals surface area (Å²) >= 11 is 0. The molecule has 0 saturated carbocycles. The first-order valence-electron chi connectivity index (χ1n) is 8.53. The van der Waals surface area contributed by atoms with Gasteiger partial charge in [-0.1, -0.05) is 24.3 Å². The molecule has 1 aliphatic carbocycles. The number of nitrogens with one attached hydrogen (secondary N) is 1. The highest BCUT2D eigenvalue weighted by Gasteiger charge is 2.28. The second-order valence-corrected chi connectivity index (χ2v) is 6.28. The molecule has 4 heteroatoms. The number of rotatable bonds is 6. The van der Waals surface area contributed by atoms with Crippen LogP contribution in [0.3, 0.4) is 0 Å². The lowest BCUT2D eigenvalue weighted by molar-refractivity contribution is -0.161. The van der Waals surface area contributed by atoms with Crippen molar-refractivity contribution in [2.24, 2.45) is 5.92 Å². The smallest absolute Gasteiger partial charge is 0.157 e. The van der Waals surface area contributed by atoms with Crippen molar-refractivity contribution in [2.45, 2.75) is 44.4 Å². The molecule has 1 aromatic rings. The van der Waals surface area contributed by atoms with E-state index in [1.165, 1.54) is 17.5 Å². The van der Waals surface area contributed by atoms with Gasteiger partial charge in [-0.3, -0.25) is 0 Å². The maximum Gasteiger partial charge on any atom is 0.157 e. The molecule has 0 amide bonds. The van der Waals surface area contributed by atoms with Crippen LogP contribution >= 0.6 is 0 Å². The van der Waals surface area contributed by atoms with Crippen LogP contribution in [0.2, 0.25) is 0 Å². The molecule has 1 saturated heterocycles. The van der Waals surface area contributed by atoms with Gasteiger partial charge < -0.3 is 19.9 Å². The largest absolute Gasteiger partial charge is 0.396 e. The maximum absolute atomic E-state index is 9.66. The number of fused-ring (bicyclic) bond motifs is 1. The average Bonchev–Trinajstić information content (AvgIpc) is 2.59. The molecule has 2 aliphatic rings. The fourth-order valence-electron chi connectivity index (χ4n) is 3.55. The zero-order valence-electron chi connectivity index (χ0n) is 13.2. The lowest BCUT2D eigenvalue weighted by Gasteiger charge is -2.33. The Morgan fingerprint density at radius 3 is 2.95 bits per heavy atom. The van der Waals surface area contributed by atoms with Crippen LogP contribution in [-0.2, 0) is 15.9 Å². The highest BCUT2D eigenvalue weighted by atomic mass is 16.7. The Morgan fingerprint density at radius 1 is 1.23 bits per heavy atom. The van der Waals surface area contributed by atoms with Gasteiger partial charge in [0, 0.05) is 31.7 Å². The van der Waals surface area contributed by atoms with Crippen molar-refractivity contribution in [3.63, 3.8) is 0 Å². The Kier molecular flexibility index (Phi) is 5.84. The third kappa shape index (κ3) is 3.87. The Balaban J connectivity index is 1.51. The first-order chi connectivity index (χ1) is 10.9. The quantitative estimate of drug-likeness (QED) is 0.793. The first kappa shape index (κ1) is 15.9. The molecule has 1 heterocycles. The molecular formula is C18H27NO3. The van der Waals surface area contributed by atoms with Gasteiger partial charge in [-0.2, -0.15) is 0 Å². The second-order valence-electron chi connectivity index (χ2n) is 6.28. The van der Waals surface area contributed by atoms with E-state index in [1.807, 2.05) is 0 Å². The monoisotopic (exact) mass is 305 g/mol. The van der Waals surface area contributed by atoms with Crippen LogP contribution in [-0.4, -0.2) is 37.8 Å². The van der Waals surface area contributed by atoms with E-state index in [0.29, 0.717) is 12.5 Å². The van der Waals surface area contributed by atoms with Gasteiger partial charge in [0.1, 0.15) is 0 Å². The summed E-state index contributed by atoms with van der Waals surface area (Å²) in [4.78, 5) is 0. The van der Waals surface area contributed by atoms with Crippen molar-refractivity contribution in [3.05, 3.63) is 35.4 Å². The van der Waals surface area contributed by atoms with Crippen LogP contribution in [0.5, 0.6) is 0 Å². The van der Waals surface area contributed by atoms with Crippen LogP contribution in [0.25, 0.3) is 0 Å². The summed E-state index contributed by atoms with van der Waals surface area (Å²) in [5.41, 5.74) is 2.74. The third-order valence-corrected chi connectivity index (χ3v) is 4.79. The van der Waals surface area contributed by atoms with Crippen molar-refractivity contribution < 1.29 is 14.6 Å². The van der Waals surface area contributed by atoms with E-state index >= 15 is 0 Å². The number of aliphatic hydroxyl groups excluding tert-OH is 1. The van der Waals surface area contributed by atoms with Gasteiger partial charge in [-0.25, -0.2) is 0 Å². The van der Waals surface area contributed by atoms with Crippen LogP contribution in [0.4, 0.5) is 0 Å². The van der Waals surface area contributed by atoms with Gasteiger partial charge >= 0.3 is 0 Å². The van der Waals surface area contributed by atoms with Crippen molar-refractivity contribution in [1.82, 2.24) is 5.32 Å².